The Labute approximate surface area is 143 Å². The number of anilines is 1. The monoisotopic (exact) mass is 327 g/mol. The first-order valence-electron chi connectivity index (χ1n) is 8.49. The van der Waals surface area contributed by atoms with Crippen LogP contribution in [0, 0.1) is 13.8 Å². The number of aryl methyl sites for hydroxylation is 2. The average Bonchev–Trinajstić information content (AvgIpc) is 2.86. The second kappa shape index (κ2) is 7.03. The molecule has 3 heterocycles. The van der Waals surface area contributed by atoms with Crippen molar-refractivity contribution in [3.8, 4) is 0 Å². The molecule has 0 unspecified atom stereocenters. The maximum Gasteiger partial charge on any atom is 0.223 e. The predicted molar refractivity (Wildman–Crippen MR) is 94.0 cm³/mol. The van der Waals surface area contributed by atoms with E-state index in [0.717, 1.165) is 49.8 Å². The summed E-state index contributed by atoms with van der Waals surface area (Å²) < 4.78 is 1.89. The highest BCUT2D eigenvalue weighted by molar-refractivity contribution is 5.76. The summed E-state index contributed by atoms with van der Waals surface area (Å²) in [7, 11) is 1.95. The lowest BCUT2D eigenvalue weighted by atomic mass is 10.1. The Morgan fingerprint density at radius 2 is 1.92 bits per heavy atom. The molecule has 0 atom stereocenters. The van der Waals surface area contributed by atoms with Gasteiger partial charge in [-0.1, -0.05) is 6.07 Å². The fraction of sp³-hybridized carbons (Fsp3) is 0.500. The Morgan fingerprint density at radius 3 is 2.50 bits per heavy atom. The Bertz CT molecular complexity index is 702. The van der Waals surface area contributed by atoms with Crippen molar-refractivity contribution in [2.24, 2.45) is 7.05 Å². The van der Waals surface area contributed by atoms with Crippen molar-refractivity contribution in [2.75, 3.05) is 31.1 Å². The van der Waals surface area contributed by atoms with Crippen LogP contribution in [0.5, 0.6) is 0 Å². The molecule has 6 nitrogen and oxygen atoms in total. The lowest BCUT2D eigenvalue weighted by Crippen LogP contribution is -2.49. The number of piperazine rings is 1. The molecule has 0 saturated carbocycles. The quantitative estimate of drug-likeness (QED) is 0.858. The Balaban J connectivity index is 1.52. The van der Waals surface area contributed by atoms with E-state index in [9.17, 15) is 4.79 Å². The molecule has 128 valence electrons. The van der Waals surface area contributed by atoms with Gasteiger partial charge in [-0.25, -0.2) is 4.98 Å². The highest BCUT2D eigenvalue weighted by atomic mass is 16.2. The average molecular weight is 327 g/mol. The summed E-state index contributed by atoms with van der Waals surface area (Å²) in [5, 5.41) is 4.42. The van der Waals surface area contributed by atoms with Crippen molar-refractivity contribution in [1.29, 1.82) is 0 Å². The van der Waals surface area contributed by atoms with E-state index in [2.05, 4.69) is 21.9 Å². The minimum Gasteiger partial charge on any atom is -0.353 e. The minimum absolute atomic E-state index is 0.235. The topological polar surface area (TPSA) is 54.3 Å². The number of carbonyl (C=O) groups is 1. The van der Waals surface area contributed by atoms with E-state index >= 15 is 0 Å². The first kappa shape index (κ1) is 16.5. The number of pyridine rings is 1. The van der Waals surface area contributed by atoms with E-state index in [0.29, 0.717) is 6.42 Å². The molecule has 2 aromatic heterocycles. The van der Waals surface area contributed by atoms with Crippen LogP contribution in [0.15, 0.2) is 24.4 Å². The Kier molecular flexibility index (Phi) is 4.83. The number of amides is 1. The molecule has 2 aromatic rings. The summed E-state index contributed by atoms with van der Waals surface area (Å²) >= 11 is 0. The Hall–Kier alpha value is -2.37. The number of hydrogen-bond acceptors (Lipinski definition) is 4. The zero-order valence-corrected chi connectivity index (χ0v) is 14.7. The van der Waals surface area contributed by atoms with E-state index in [1.165, 1.54) is 5.56 Å². The first-order chi connectivity index (χ1) is 11.6. The second-order valence-corrected chi connectivity index (χ2v) is 6.33. The van der Waals surface area contributed by atoms with Crippen molar-refractivity contribution in [3.63, 3.8) is 0 Å². The summed E-state index contributed by atoms with van der Waals surface area (Å²) in [4.78, 5) is 21.1. The number of aromatic nitrogens is 3. The lowest BCUT2D eigenvalue weighted by molar-refractivity contribution is -0.131. The number of hydrogen-bond donors (Lipinski definition) is 0. The third-order valence-electron chi connectivity index (χ3n) is 4.85. The van der Waals surface area contributed by atoms with Gasteiger partial charge in [0, 0.05) is 51.5 Å². The molecule has 0 bridgehead atoms. The van der Waals surface area contributed by atoms with Crippen LogP contribution in [0.2, 0.25) is 0 Å². The number of rotatable bonds is 4. The fourth-order valence-electron chi connectivity index (χ4n) is 3.30. The molecule has 1 amide bonds. The maximum absolute atomic E-state index is 12.5. The van der Waals surface area contributed by atoms with Gasteiger partial charge in [-0.05, 0) is 38.0 Å². The third kappa shape index (κ3) is 3.42. The van der Waals surface area contributed by atoms with Crippen molar-refractivity contribution < 1.29 is 4.79 Å². The largest absolute Gasteiger partial charge is 0.353 e. The molecule has 0 radical (unpaired) electrons. The summed E-state index contributed by atoms with van der Waals surface area (Å²) in [6, 6.07) is 5.94. The normalized spacial score (nSPS) is 15.0. The summed E-state index contributed by atoms with van der Waals surface area (Å²) in [5.74, 6) is 1.23. The van der Waals surface area contributed by atoms with Crippen LogP contribution in [0.1, 0.15) is 23.4 Å². The van der Waals surface area contributed by atoms with Gasteiger partial charge in [-0.2, -0.15) is 5.10 Å². The molecule has 1 aliphatic heterocycles. The highest BCUT2D eigenvalue weighted by Crippen LogP contribution is 2.16. The molecule has 6 heteroatoms. The van der Waals surface area contributed by atoms with Crippen LogP contribution in [0.4, 0.5) is 5.82 Å². The van der Waals surface area contributed by atoms with Gasteiger partial charge in [0.25, 0.3) is 0 Å². The van der Waals surface area contributed by atoms with Crippen LogP contribution in [0.3, 0.4) is 0 Å². The van der Waals surface area contributed by atoms with Crippen molar-refractivity contribution in [1.82, 2.24) is 19.7 Å². The fourth-order valence-corrected chi connectivity index (χ4v) is 3.30. The maximum atomic E-state index is 12.5. The Morgan fingerprint density at radius 1 is 1.17 bits per heavy atom. The van der Waals surface area contributed by atoms with E-state index in [1.54, 1.807) is 0 Å². The molecule has 0 aromatic carbocycles. The molecule has 0 N–H and O–H groups in total. The summed E-state index contributed by atoms with van der Waals surface area (Å²) in [6.07, 6.45) is 3.13. The van der Waals surface area contributed by atoms with Gasteiger partial charge in [0.2, 0.25) is 5.91 Å². The standard InChI is InChI=1S/C18H25N5O/c1-14-16(15(2)21(3)20-14)7-8-18(24)23-12-10-22(11-13-23)17-6-4-5-9-19-17/h4-6,9H,7-8,10-13H2,1-3H3. The molecular weight excluding hydrogens is 302 g/mol. The van der Waals surface area contributed by atoms with Crippen LogP contribution in [-0.2, 0) is 18.3 Å². The lowest BCUT2D eigenvalue weighted by Gasteiger charge is -2.35. The molecule has 3 rings (SSSR count). The third-order valence-corrected chi connectivity index (χ3v) is 4.85. The van der Waals surface area contributed by atoms with Gasteiger partial charge in [0.1, 0.15) is 5.82 Å². The summed E-state index contributed by atoms with van der Waals surface area (Å²) in [5.41, 5.74) is 3.39. The van der Waals surface area contributed by atoms with Crippen molar-refractivity contribution in [2.45, 2.75) is 26.7 Å². The minimum atomic E-state index is 0.235. The SMILES string of the molecule is Cc1nn(C)c(C)c1CCC(=O)N1CCN(c2ccccn2)CC1. The van der Waals surface area contributed by atoms with Gasteiger partial charge < -0.3 is 9.80 Å². The van der Waals surface area contributed by atoms with Crippen LogP contribution in [0.25, 0.3) is 0 Å². The van der Waals surface area contributed by atoms with E-state index in [-0.39, 0.29) is 5.91 Å². The van der Waals surface area contributed by atoms with Gasteiger partial charge in [-0.15, -0.1) is 0 Å². The number of nitrogens with zero attached hydrogens (tertiary/aromatic N) is 5. The molecule has 0 aliphatic carbocycles. The highest BCUT2D eigenvalue weighted by Gasteiger charge is 2.22. The zero-order chi connectivity index (χ0) is 17.1. The van der Waals surface area contributed by atoms with E-state index in [4.69, 9.17) is 0 Å². The first-order valence-corrected chi connectivity index (χ1v) is 8.49. The van der Waals surface area contributed by atoms with E-state index < -0.39 is 0 Å². The second-order valence-electron chi connectivity index (χ2n) is 6.33. The van der Waals surface area contributed by atoms with Gasteiger partial charge in [-0.3, -0.25) is 9.48 Å². The smallest absolute Gasteiger partial charge is 0.223 e. The predicted octanol–water partition coefficient (Wildman–Crippen LogP) is 1.71. The summed E-state index contributed by atoms with van der Waals surface area (Å²) in [6.45, 7) is 7.28. The van der Waals surface area contributed by atoms with E-state index in [1.807, 2.05) is 47.9 Å². The molecule has 1 saturated heterocycles. The zero-order valence-electron chi connectivity index (χ0n) is 14.7. The van der Waals surface area contributed by atoms with Crippen molar-refractivity contribution >= 4 is 11.7 Å². The number of carbonyl (C=O) groups excluding carboxylic acids is 1. The molecular formula is C18H25N5O. The van der Waals surface area contributed by atoms with Gasteiger partial charge in [0.15, 0.2) is 0 Å². The molecule has 0 spiro atoms. The van der Waals surface area contributed by atoms with Gasteiger partial charge in [0.05, 0.1) is 5.69 Å². The van der Waals surface area contributed by atoms with Crippen LogP contribution in [-0.4, -0.2) is 51.8 Å². The molecule has 1 aliphatic rings. The molecule has 1 fully saturated rings. The van der Waals surface area contributed by atoms with Crippen LogP contribution >= 0.6 is 0 Å². The molecule has 24 heavy (non-hydrogen) atoms. The van der Waals surface area contributed by atoms with Gasteiger partial charge >= 0.3 is 0 Å². The van der Waals surface area contributed by atoms with Crippen molar-refractivity contribution in [3.05, 3.63) is 41.3 Å². The van der Waals surface area contributed by atoms with Crippen LogP contribution < -0.4 is 4.90 Å².